The number of hydrogen-bond donors (Lipinski definition) is 0. The molecule has 0 unspecified atom stereocenters. The van der Waals surface area contributed by atoms with Crippen LogP contribution in [0.4, 0.5) is 8.78 Å². The van der Waals surface area contributed by atoms with Gasteiger partial charge in [0.2, 0.25) is 0 Å². The molecule has 0 saturated heterocycles. The molecule has 94 valence electrons. The molecule has 0 N–H and O–H groups in total. The van der Waals surface area contributed by atoms with Crippen LogP contribution in [0.2, 0.25) is 5.02 Å². The van der Waals surface area contributed by atoms with Crippen molar-refractivity contribution in [3.63, 3.8) is 0 Å². The van der Waals surface area contributed by atoms with Crippen LogP contribution in [0, 0.1) is 11.6 Å². The summed E-state index contributed by atoms with van der Waals surface area (Å²) in [5, 5.41) is -0.352. The highest BCUT2D eigenvalue weighted by Crippen LogP contribution is 2.34. The second-order valence-corrected chi connectivity index (χ2v) is 7.47. The van der Waals surface area contributed by atoms with Gasteiger partial charge in [0.15, 0.2) is 5.78 Å². The van der Waals surface area contributed by atoms with E-state index in [-0.39, 0.29) is 16.1 Å². The van der Waals surface area contributed by atoms with E-state index in [2.05, 4.69) is 31.9 Å². The SMILES string of the molecule is O=C(c1cc(F)c(Cl)cc1F)c1cc(Br)sc1Br. The molecule has 1 aromatic heterocycles. The van der Waals surface area contributed by atoms with Gasteiger partial charge in [-0.3, -0.25) is 4.79 Å². The Morgan fingerprint density at radius 2 is 1.78 bits per heavy atom. The average Bonchev–Trinajstić information content (AvgIpc) is 2.62. The lowest BCUT2D eigenvalue weighted by molar-refractivity contribution is 0.103. The first-order valence-corrected chi connectivity index (χ1v) is 7.32. The van der Waals surface area contributed by atoms with Crippen LogP contribution in [-0.4, -0.2) is 5.78 Å². The Kier molecular flexibility index (Phi) is 4.21. The van der Waals surface area contributed by atoms with Gasteiger partial charge in [0, 0.05) is 5.56 Å². The summed E-state index contributed by atoms with van der Waals surface area (Å²) in [6.07, 6.45) is 0. The van der Waals surface area contributed by atoms with E-state index in [4.69, 9.17) is 11.6 Å². The van der Waals surface area contributed by atoms with Crippen LogP contribution >= 0.6 is 54.8 Å². The van der Waals surface area contributed by atoms with Gasteiger partial charge in [0.1, 0.15) is 11.6 Å². The van der Waals surface area contributed by atoms with Crippen molar-refractivity contribution in [2.45, 2.75) is 0 Å². The molecule has 0 spiro atoms. The van der Waals surface area contributed by atoms with Crippen molar-refractivity contribution in [3.05, 3.63) is 53.6 Å². The standard InChI is InChI=1S/C11H3Br2ClF2OS/c12-9-2-5(11(13)18-9)10(17)4-1-8(16)6(14)3-7(4)15/h1-3H. The van der Waals surface area contributed by atoms with Crippen LogP contribution in [0.3, 0.4) is 0 Å². The third kappa shape index (κ3) is 2.66. The van der Waals surface area contributed by atoms with Crippen molar-refractivity contribution in [3.8, 4) is 0 Å². The lowest BCUT2D eigenvalue weighted by Crippen LogP contribution is -2.04. The first kappa shape index (κ1) is 14.1. The molecule has 0 radical (unpaired) electrons. The van der Waals surface area contributed by atoms with Crippen LogP contribution in [0.25, 0.3) is 0 Å². The predicted molar refractivity (Wildman–Crippen MR) is 74.5 cm³/mol. The number of benzene rings is 1. The minimum absolute atomic E-state index is 0.271. The number of hydrogen-bond acceptors (Lipinski definition) is 2. The molecule has 0 aliphatic carbocycles. The van der Waals surface area contributed by atoms with E-state index in [0.29, 0.717) is 7.57 Å². The summed E-state index contributed by atoms with van der Waals surface area (Å²) in [7, 11) is 0. The maximum absolute atomic E-state index is 13.6. The summed E-state index contributed by atoms with van der Waals surface area (Å²) >= 11 is 13.1. The molecule has 0 fully saturated rings. The highest BCUT2D eigenvalue weighted by Gasteiger charge is 2.20. The number of carbonyl (C=O) groups is 1. The van der Waals surface area contributed by atoms with Crippen molar-refractivity contribution in [2.24, 2.45) is 0 Å². The van der Waals surface area contributed by atoms with E-state index in [0.717, 1.165) is 12.1 Å². The summed E-state index contributed by atoms with van der Waals surface area (Å²) in [6.45, 7) is 0. The smallest absolute Gasteiger partial charge is 0.198 e. The van der Waals surface area contributed by atoms with Gasteiger partial charge < -0.3 is 0 Å². The van der Waals surface area contributed by atoms with E-state index in [1.54, 1.807) is 6.07 Å². The highest BCUT2D eigenvalue weighted by molar-refractivity contribution is 9.12. The first-order valence-electron chi connectivity index (χ1n) is 4.54. The van der Waals surface area contributed by atoms with Crippen LogP contribution in [0.15, 0.2) is 25.8 Å². The van der Waals surface area contributed by atoms with E-state index in [9.17, 15) is 13.6 Å². The lowest BCUT2D eigenvalue weighted by atomic mass is 10.1. The van der Waals surface area contributed by atoms with Gasteiger partial charge in [-0.2, -0.15) is 0 Å². The number of thiophene rings is 1. The minimum atomic E-state index is -0.847. The third-order valence-corrected chi connectivity index (χ3v) is 4.78. The molecular formula is C11H3Br2ClF2OS. The first-order chi connectivity index (χ1) is 8.40. The normalized spacial score (nSPS) is 10.7. The monoisotopic (exact) mass is 414 g/mol. The Labute approximate surface area is 127 Å². The number of carbonyl (C=O) groups excluding carboxylic acids is 1. The minimum Gasteiger partial charge on any atom is -0.288 e. The van der Waals surface area contributed by atoms with Crippen molar-refractivity contribution < 1.29 is 13.6 Å². The fourth-order valence-electron chi connectivity index (χ4n) is 1.34. The molecule has 7 heteroatoms. The molecule has 0 aliphatic heterocycles. The van der Waals surface area contributed by atoms with Gasteiger partial charge in [-0.15, -0.1) is 11.3 Å². The molecule has 0 saturated carbocycles. The Balaban J connectivity index is 2.53. The summed E-state index contributed by atoms with van der Waals surface area (Å²) in [5.41, 5.74) is -0.0737. The van der Waals surface area contributed by atoms with Crippen molar-refractivity contribution >= 4 is 60.6 Å². The topological polar surface area (TPSA) is 17.1 Å². The fourth-order valence-corrected chi connectivity index (χ4v) is 4.28. The molecule has 1 nitrogen and oxygen atoms in total. The fraction of sp³-hybridized carbons (Fsp3) is 0. The van der Waals surface area contributed by atoms with Gasteiger partial charge >= 0.3 is 0 Å². The molecule has 0 bridgehead atoms. The van der Waals surface area contributed by atoms with Crippen LogP contribution < -0.4 is 0 Å². The average molecular weight is 416 g/mol. The summed E-state index contributed by atoms with van der Waals surface area (Å²) < 4.78 is 28.1. The maximum atomic E-state index is 13.6. The summed E-state index contributed by atoms with van der Waals surface area (Å²) in [5.74, 6) is -2.27. The molecular weight excluding hydrogens is 413 g/mol. The zero-order valence-corrected chi connectivity index (χ0v) is 13.2. The van der Waals surface area contributed by atoms with E-state index in [1.165, 1.54) is 11.3 Å². The Morgan fingerprint density at radius 3 is 2.33 bits per heavy atom. The van der Waals surface area contributed by atoms with Crippen LogP contribution in [-0.2, 0) is 0 Å². The van der Waals surface area contributed by atoms with E-state index >= 15 is 0 Å². The van der Waals surface area contributed by atoms with Crippen molar-refractivity contribution in [2.75, 3.05) is 0 Å². The molecule has 1 aromatic carbocycles. The summed E-state index contributed by atoms with van der Waals surface area (Å²) in [4.78, 5) is 12.1. The zero-order chi connectivity index (χ0) is 13.4. The number of ketones is 1. The van der Waals surface area contributed by atoms with Crippen molar-refractivity contribution in [1.29, 1.82) is 0 Å². The molecule has 2 rings (SSSR count). The molecule has 0 amide bonds. The largest absolute Gasteiger partial charge is 0.288 e. The van der Waals surface area contributed by atoms with Gasteiger partial charge in [0.05, 0.1) is 18.2 Å². The second kappa shape index (κ2) is 5.36. The second-order valence-electron chi connectivity index (χ2n) is 3.31. The Bertz CT molecular complexity index is 642. The quantitative estimate of drug-likeness (QED) is 0.471. The van der Waals surface area contributed by atoms with Gasteiger partial charge in [-0.1, -0.05) is 11.6 Å². The number of halogens is 5. The van der Waals surface area contributed by atoms with Gasteiger partial charge in [-0.05, 0) is 50.1 Å². The summed E-state index contributed by atoms with van der Waals surface area (Å²) in [6, 6.07) is 3.14. The van der Waals surface area contributed by atoms with E-state index in [1.807, 2.05) is 0 Å². The molecule has 0 atom stereocenters. The molecule has 18 heavy (non-hydrogen) atoms. The molecule has 0 aliphatic rings. The van der Waals surface area contributed by atoms with Crippen LogP contribution in [0.1, 0.15) is 15.9 Å². The highest BCUT2D eigenvalue weighted by atomic mass is 79.9. The van der Waals surface area contributed by atoms with Gasteiger partial charge in [0.25, 0.3) is 0 Å². The van der Waals surface area contributed by atoms with Crippen LogP contribution in [0.5, 0.6) is 0 Å². The Hall–Kier alpha value is -0.300. The maximum Gasteiger partial charge on any atom is 0.198 e. The predicted octanol–water partition coefficient (Wildman–Crippen LogP) is 5.44. The van der Waals surface area contributed by atoms with Crippen molar-refractivity contribution in [1.82, 2.24) is 0 Å². The van der Waals surface area contributed by atoms with Gasteiger partial charge in [-0.25, -0.2) is 8.78 Å². The third-order valence-electron chi connectivity index (χ3n) is 2.16. The zero-order valence-electron chi connectivity index (χ0n) is 8.44. The Morgan fingerprint density at radius 1 is 1.11 bits per heavy atom. The lowest BCUT2D eigenvalue weighted by Gasteiger charge is -2.03. The molecule has 1 heterocycles. The van der Waals surface area contributed by atoms with E-state index < -0.39 is 17.4 Å². The number of rotatable bonds is 2. The molecule has 2 aromatic rings.